The van der Waals surface area contributed by atoms with Gasteiger partial charge in [-0.05, 0) is 19.8 Å². The molecule has 2 rings (SSSR count). The molecule has 7 nitrogen and oxygen atoms in total. The van der Waals surface area contributed by atoms with Crippen molar-refractivity contribution in [2.24, 2.45) is 18.2 Å². The maximum atomic E-state index is 11.5. The quantitative estimate of drug-likeness (QED) is 0.741. The minimum Gasteiger partial charge on any atom is -0.481 e. The van der Waals surface area contributed by atoms with Gasteiger partial charge < -0.3 is 16.2 Å². The van der Waals surface area contributed by atoms with E-state index in [2.05, 4.69) is 10.4 Å². The molecule has 1 aliphatic carbocycles. The van der Waals surface area contributed by atoms with Crippen LogP contribution in [0.3, 0.4) is 0 Å². The zero-order chi connectivity index (χ0) is 14.9. The van der Waals surface area contributed by atoms with E-state index in [9.17, 15) is 14.7 Å². The summed E-state index contributed by atoms with van der Waals surface area (Å²) in [5, 5.41) is 16.7. The van der Waals surface area contributed by atoms with Crippen molar-refractivity contribution in [2.75, 3.05) is 11.9 Å². The van der Waals surface area contributed by atoms with Crippen LogP contribution in [-0.2, 0) is 11.8 Å². The summed E-state index contributed by atoms with van der Waals surface area (Å²) in [5.41, 5.74) is 5.46. The number of hydrogen-bond acceptors (Lipinski definition) is 4. The van der Waals surface area contributed by atoms with Gasteiger partial charge in [-0.25, -0.2) is 0 Å². The number of aryl methyl sites for hydroxylation is 2. The lowest BCUT2D eigenvalue weighted by atomic mass is 9.86. The van der Waals surface area contributed by atoms with E-state index < -0.39 is 17.3 Å². The lowest BCUT2D eigenvalue weighted by Crippen LogP contribution is -2.36. The Labute approximate surface area is 117 Å². The second-order valence-corrected chi connectivity index (χ2v) is 5.44. The fourth-order valence-corrected chi connectivity index (χ4v) is 2.93. The SMILES string of the molecule is Cc1nn(C)c(NCC2(C(=O)O)CCCC2)c1C(N)=O. The molecule has 1 aromatic rings. The number of aromatic nitrogens is 2. The lowest BCUT2D eigenvalue weighted by Gasteiger charge is -2.24. The monoisotopic (exact) mass is 280 g/mol. The smallest absolute Gasteiger partial charge is 0.311 e. The predicted molar refractivity (Wildman–Crippen MR) is 73.5 cm³/mol. The average Bonchev–Trinajstić information content (AvgIpc) is 2.92. The van der Waals surface area contributed by atoms with Crippen LogP contribution in [0.2, 0.25) is 0 Å². The van der Waals surface area contributed by atoms with Gasteiger partial charge in [-0.3, -0.25) is 14.3 Å². The van der Waals surface area contributed by atoms with E-state index >= 15 is 0 Å². The zero-order valence-corrected chi connectivity index (χ0v) is 11.8. The second-order valence-electron chi connectivity index (χ2n) is 5.44. The minimum atomic E-state index is -0.790. The van der Waals surface area contributed by atoms with Crippen molar-refractivity contribution >= 4 is 17.7 Å². The highest BCUT2D eigenvalue weighted by molar-refractivity contribution is 5.99. The van der Waals surface area contributed by atoms with E-state index in [4.69, 9.17) is 5.73 Å². The molecule has 7 heteroatoms. The molecular formula is C13H20N4O3. The number of hydrogen-bond donors (Lipinski definition) is 3. The minimum absolute atomic E-state index is 0.279. The summed E-state index contributed by atoms with van der Waals surface area (Å²) in [6.07, 6.45) is 3.14. The number of nitrogens with two attached hydrogens (primary N) is 1. The first-order chi connectivity index (χ1) is 9.37. The number of rotatable bonds is 5. The molecular weight excluding hydrogens is 260 g/mol. The molecule has 1 saturated carbocycles. The summed E-state index contributed by atoms with van der Waals surface area (Å²) in [6, 6.07) is 0. The predicted octanol–water partition coefficient (Wildman–Crippen LogP) is 0.884. The number of primary amides is 1. The fraction of sp³-hybridized carbons (Fsp3) is 0.615. The fourth-order valence-electron chi connectivity index (χ4n) is 2.93. The lowest BCUT2D eigenvalue weighted by molar-refractivity contribution is -0.147. The highest BCUT2D eigenvalue weighted by Crippen LogP contribution is 2.38. The first-order valence-electron chi connectivity index (χ1n) is 6.68. The average molecular weight is 280 g/mol. The molecule has 0 spiro atoms. The van der Waals surface area contributed by atoms with Gasteiger partial charge in [-0.2, -0.15) is 5.10 Å². The van der Waals surface area contributed by atoms with Gasteiger partial charge in [0.25, 0.3) is 5.91 Å². The molecule has 1 heterocycles. The molecule has 0 unspecified atom stereocenters. The van der Waals surface area contributed by atoms with Crippen molar-refractivity contribution in [3.63, 3.8) is 0 Å². The second kappa shape index (κ2) is 5.15. The van der Waals surface area contributed by atoms with Gasteiger partial charge in [0.15, 0.2) is 0 Å². The van der Waals surface area contributed by atoms with Crippen LogP contribution in [-0.4, -0.2) is 33.3 Å². The van der Waals surface area contributed by atoms with Crippen molar-refractivity contribution in [3.8, 4) is 0 Å². The van der Waals surface area contributed by atoms with Crippen LogP contribution < -0.4 is 11.1 Å². The summed E-state index contributed by atoms with van der Waals surface area (Å²) in [6.45, 7) is 1.98. The van der Waals surface area contributed by atoms with Crippen LogP contribution in [0.5, 0.6) is 0 Å². The number of nitrogens with one attached hydrogen (secondary N) is 1. The number of nitrogens with zero attached hydrogens (tertiary/aromatic N) is 2. The number of amides is 1. The molecule has 4 N–H and O–H groups in total. The van der Waals surface area contributed by atoms with Crippen LogP contribution >= 0.6 is 0 Å². The molecule has 0 bridgehead atoms. The zero-order valence-electron chi connectivity index (χ0n) is 11.8. The van der Waals surface area contributed by atoms with E-state index in [-0.39, 0.29) is 6.54 Å². The first-order valence-corrected chi connectivity index (χ1v) is 6.68. The molecule has 0 atom stereocenters. The van der Waals surface area contributed by atoms with Crippen LogP contribution in [0.4, 0.5) is 5.82 Å². The molecule has 20 heavy (non-hydrogen) atoms. The maximum absolute atomic E-state index is 11.5. The number of carboxylic acid groups (broad SMARTS) is 1. The molecule has 1 fully saturated rings. The summed E-state index contributed by atoms with van der Waals surface area (Å²) < 4.78 is 1.53. The molecule has 0 aromatic carbocycles. The van der Waals surface area contributed by atoms with Crippen molar-refractivity contribution in [1.82, 2.24) is 9.78 Å². The first kappa shape index (κ1) is 14.4. The molecule has 0 saturated heterocycles. The summed E-state index contributed by atoms with van der Waals surface area (Å²) >= 11 is 0. The van der Waals surface area contributed by atoms with Gasteiger partial charge in [0, 0.05) is 13.6 Å². The van der Waals surface area contributed by atoms with Crippen molar-refractivity contribution < 1.29 is 14.7 Å². The van der Waals surface area contributed by atoms with Gasteiger partial charge in [0.05, 0.1) is 11.1 Å². The Bertz CT molecular complexity index is 544. The number of carboxylic acids is 1. The van der Waals surface area contributed by atoms with Gasteiger partial charge in [0.2, 0.25) is 0 Å². The summed E-state index contributed by atoms with van der Waals surface area (Å²) in [4.78, 5) is 23.0. The molecule has 1 aromatic heterocycles. The molecule has 0 radical (unpaired) electrons. The standard InChI is InChI=1S/C13H20N4O3/c1-8-9(10(14)18)11(17(2)16-8)15-7-13(12(19)20)5-3-4-6-13/h15H,3-7H2,1-2H3,(H2,14,18)(H,19,20). The normalized spacial score (nSPS) is 17.1. The Balaban J connectivity index is 2.23. The molecule has 110 valence electrons. The van der Waals surface area contributed by atoms with E-state index in [0.717, 1.165) is 12.8 Å². The van der Waals surface area contributed by atoms with Crippen LogP contribution in [0.1, 0.15) is 41.7 Å². The number of carbonyl (C=O) groups is 2. The number of carbonyl (C=O) groups excluding carboxylic acids is 1. The van der Waals surface area contributed by atoms with Crippen LogP contribution in [0.15, 0.2) is 0 Å². The van der Waals surface area contributed by atoms with E-state index in [1.165, 1.54) is 4.68 Å². The highest BCUT2D eigenvalue weighted by atomic mass is 16.4. The Morgan fingerprint density at radius 3 is 2.55 bits per heavy atom. The largest absolute Gasteiger partial charge is 0.481 e. The van der Waals surface area contributed by atoms with Gasteiger partial charge >= 0.3 is 5.97 Å². The molecule has 1 aliphatic rings. The Morgan fingerprint density at radius 1 is 1.45 bits per heavy atom. The van der Waals surface area contributed by atoms with Crippen LogP contribution in [0, 0.1) is 12.3 Å². The third-order valence-electron chi connectivity index (χ3n) is 4.08. The van der Waals surface area contributed by atoms with Crippen molar-refractivity contribution in [1.29, 1.82) is 0 Å². The van der Waals surface area contributed by atoms with Gasteiger partial charge in [-0.15, -0.1) is 0 Å². The molecule has 1 amide bonds. The third kappa shape index (κ3) is 2.35. The van der Waals surface area contributed by atoms with Crippen molar-refractivity contribution in [2.45, 2.75) is 32.6 Å². The number of anilines is 1. The highest BCUT2D eigenvalue weighted by Gasteiger charge is 2.41. The number of aliphatic carboxylic acids is 1. The van der Waals surface area contributed by atoms with E-state index in [1.807, 2.05) is 0 Å². The third-order valence-corrected chi connectivity index (χ3v) is 4.08. The van der Waals surface area contributed by atoms with E-state index in [0.29, 0.717) is 29.9 Å². The Hall–Kier alpha value is -2.05. The van der Waals surface area contributed by atoms with Crippen molar-refractivity contribution in [3.05, 3.63) is 11.3 Å². The van der Waals surface area contributed by atoms with Gasteiger partial charge in [0.1, 0.15) is 11.4 Å². The molecule has 0 aliphatic heterocycles. The van der Waals surface area contributed by atoms with E-state index in [1.54, 1.807) is 14.0 Å². The summed E-state index contributed by atoms with van der Waals surface area (Å²) in [5.74, 6) is -0.863. The Kier molecular flexibility index (Phi) is 3.69. The maximum Gasteiger partial charge on any atom is 0.311 e. The van der Waals surface area contributed by atoms with Crippen LogP contribution in [0.25, 0.3) is 0 Å². The van der Waals surface area contributed by atoms with Gasteiger partial charge in [-0.1, -0.05) is 12.8 Å². The topological polar surface area (TPSA) is 110 Å². The summed E-state index contributed by atoms with van der Waals surface area (Å²) in [7, 11) is 1.70. The Morgan fingerprint density at radius 2 is 2.05 bits per heavy atom.